The van der Waals surface area contributed by atoms with E-state index in [0.717, 1.165) is 33.3 Å². The van der Waals surface area contributed by atoms with E-state index in [0.29, 0.717) is 0 Å². The summed E-state index contributed by atoms with van der Waals surface area (Å²) < 4.78 is 11.2. The predicted molar refractivity (Wildman–Crippen MR) is 196 cm³/mol. The van der Waals surface area contributed by atoms with E-state index in [-0.39, 0.29) is 0 Å². The van der Waals surface area contributed by atoms with Gasteiger partial charge in [-0.3, -0.25) is 4.57 Å². The van der Waals surface area contributed by atoms with Crippen LogP contribution in [0.2, 0.25) is 0 Å². The van der Waals surface area contributed by atoms with Crippen molar-refractivity contribution in [3.05, 3.63) is 170 Å². The highest BCUT2D eigenvalue weighted by Gasteiger charge is 2.20. The third kappa shape index (κ3) is 3.87. The van der Waals surface area contributed by atoms with Crippen LogP contribution in [0.5, 0.6) is 0 Å². The van der Waals surface area contributed by atoms with Gasteiger partial charge in [0.2, 0.25) is 5.71 Å². The second-order valence-corrected chi connectivity index (χ2v) is 12.1. The second kappa shape index (κ2) is 10.1. The molecule has 3 heterocycles. The zero-order valence-electron chi connectivity index (χ0n) is 25.5. The molecule has 0 atom stereocenters. The average molecular weight is 601 g/mol. The number of hydrogen-bond donors (Lipinski definition) is 0. The van der Waals surface area contributed by atoms with Gasteiger partial charge in [-0.25, -0.2) is 0 Å². The summed E-state index contributed by atoms with van der Waals surface area (Å²) in [4.78, 5) is 0. The lowest BCUT2D eigenvalue weighted by Crippen LogP contribution is -1.92. The highest BCUT2D eigenvalue weighted by atomic mass is 16.3. The van der Waals surface area contributed by atoms with Crippen molar-refractivity contribution in [2.75, 3.05) is 0 Å². The normalized spacial score (nSPS) is 11.8. The molecule has 3 heteroatoms. The van der Waals surface area contributed by atoms with E-state index in [9.17, 15) is 0 Å². The van der Waals surface area contributed by atoms with Crippen molar-refractivity contribution in [1.29, 1.82) is 0 Å². The third-order valence-corrected chi connectivity index (χ3v) is 9.54. The van der Waals surface area contributed by atoms with E-state index < -0.39 is 0 Å². The molecule has 220 valence electrons. The van der Waals surface area contributed by atoms with Crippen LogP contribution < -0.4 is 0 Å². The molecule has 0 aliphatic heterocycles. The third-order valence-electron chi connectivity index (χ3n) is 9.54. The summed E-state index contributed by atoms with van der Waals surface area (Å²) >= 11 is 0. The standard InChI is InChI=1S/C44H28N2O/c1-3-12-32(13-4-1)45-38-19-9-7-16-35(38)42-34(18-11-21-40(42)45)30-24-22-29(23-25-30)31-26-27-41-37(28-31)43-36-17-8-10-20-39(36)46(44(43)47-41)33-14-5-2-6-15-33/h1-28H. The molecule has 0 radical (unpaired) electrons. The lowest BCUT2D eigenvalue weighted by molar-refractivity contribution is 0.645. The molecule has 10 aromatic rings. The fourth-order valence-electron chi connectivity index (χ4n) is 7.46. The molecular weight excluding hydrogens is 572 g/mol. The first-order valence-electron chi connectivity index (χ1n) is 16.0. The predicted octanol–water partition coefficient (Wildman–Crippen LogP) is 12.0. The van der Waals surface area contributed by atoms with E-state index in [1.165, 1.54) is 55.1 Å². The van der Waals surface area contributed by atoms with Crippen molar-refractivity contribution >= 4 is 54.8 Å². The topological polar surface area (TPSA) is 23.0 Å². The van der Waals surface area contributed by atoms with E-state index >= 15 is 0 Å². The number of para-hydroxylation sites is 4. The lowest BCUT2D eigenvalue weighted by Gasteiger charge is -2.09. The minimum Gasteiger partial charge on any atom is -0.439 e. The highest BCUT2D eigenvalue weighted by molar-refractivity contribution is 6.20. The molecule has 0 saturated carbocycles. The molecule has 0 fully saturated rings. The zero-order chi connectivity index (χ0) is 30.9. The molecule has 3 aromatic heterocycles. The van der Waals surface area contributed by atoms with Crippen LogP contribution in [0, 0.1) is 0 Å². The molecule has 0 bridgehead atoms. The summed E-state index contributed by atoms with van der Waals surface area (Å²) in [5.41, 5.74) is 12.4. The molecule has 0 N–H and O–H groups in total. The van der Waals surface area contributed by atoms with Gasteiger partial charge in [-0.15, -0.1) is 0 Å². The summed E-state index contributed by atoms with van der Waals surface area (Å²) in [6.07, 6.45) is 0. The van der Waals surface area contributed by atoms with Crippen LogP contribution in [0.1, 0.15) is 0 Å². The van der Waals surface area contributed by atoms with Crippen LogP contribution in [0.25, 0.3) is 88.4 Å². The molecule has 0 spiro atoms. The van der Waals surface area contributed by atoms with Crippen LogP contribution >= 0.6 is 0 Å². The maximum atomic E-state index is 6.56. The molecule has 0 aliphatic rings. The monoisotopic (exact) mass is 600 g/mol. The van der Waals surface area contributed by atoms with Crippen molar-refractivity contribution in [2.24, 2.45) is 0 Å². The molecule has 10 rings (SSSR count). The first-order chi connectivity index (χ1) is 23.3. The van der Waals surface area contributed by atoms with Gasteiger partial charge in [0.15, 0.2) is 0 Å². The average Bonchev–Trinajstić information content (AvgIpc) is 3.79. The first-order valence-corrected chi connectivity index (χ1v) is 16.0. The van der Waals surface area contributed by atoms with E-state index in [4.69, 9.17) is 4.42 Å². The van der Waals surface area contributed by atoms with Gasteiger partial charge >= 0.3 is 0 Å². The Hall–Kier alpha value is -6.32. The van der Waals surface area contributed by atoms with Gasteiger partial charge in [-0.05, 0) is 76.9 Å². The molecule has 7 aromatic carbocycles. The summed E-state index contributed by atoms with van der Waals surface area (Å²) in [5, 5.41) is 6.01. The van der Waals surface area contributed by atoms with Crippen molar-refractivity contribution < 1.29 is 4.42 Å². The minimum absolute atomic E-state index is 0.877. The van der Waals surface area contributed by atoms with E-state index in [2.05, 4.69) is 173 Å². The number of benzene rings is 7. The van der Waals surface area contributed by atoms with Crippen LogP contribution in [0.3, 0.4) is 0 Å². The van der Waals surface area contributed by atoms with E-state index in [1.54, 1.807) is 0 Å². The van der Waals surface area contributed by atoms with Crippen molar-refractivity contribution in [3.63, 3.8) is 0 Å². The summed E-state index contributed by atoms with van der Waals surface area (Å²) in [7, 11) is 0. The Balaban J connectivity index is 1.11. The number of aromatic nitrogens is 2. The Labute approximate surface area is 271 Å². The van der Waals surface area contributed by atoms with Crippen LogP contribution in [0.15, 0.2) is 174 Å². The van der Waals surface area contributed by atoms with Gasteiger partial charge in [-0.1, -0.05) is 115 Å². The SMILES string of the molecule is c1ccc(-n2c3ccccc3c3c(-c4ccc(-c5ccc6oc7c(c6c5)c5ccccc5n7-c5ccccc5)cc4)cccc32)cc1. The molecule has 0 aliphatic carbocycles. The lowest BCUT2D eigenvalue weighted by atomic mass is 9.96. The van der Waals surface area contributed by atoms with Gasteiger partial charge in [0.25, 0.3) is 0 Å². The molecular formula is C44H28N2O. The summed E-state index contributed by atoms with van der Waals surface area (Å²) in [6, 6.07) is 60.6. The Kier molecular flexibility index (Phi) is 5.57. The highest BCUT2D eigenvalue weighted by Crippen LogP contribution is 2.42. The first kappa shape index (κ1) is 26.0. The van der Waals surface area contributed by atoms with E-state index in [1.807, 2.05) is 6.07 Å². The fraction of sp³-hybridized carbons (Fsp3) is 0. The van der Waals surface area contributed by atoms with Crippen LogP contribution in [-0.4, -0.2) is 9.13 Å². The number of hydrogen-bond acceptors (Lipinski definition) is 1. The quantitative estimate of drug-likeness (QED) is 0.197. The van der Waals surface area contributed by atoms with Crippen molar-refractivity contribution in [1.82, 2.24) is 9.13 Å². The maximum Gasteiger partial charge on any atom is 0.213 e. The molecule has 3 nitrogen and oxygen atoms in total. The molecule has 0 amide bonds. The summed E-state index contributed by atoms with van der Waals surface area (Å²) in [6.45, 7) is 0. The molecule has 47 heavy (non-hydrogen) atoms. The maximum absolute atomic E-state index is 6.56. The Bertz CT molecular complexity index is 2760. The number of nitrogens with zero attached hydrogens (tertiary/aromatic N) is 2. The number of rotatable bonds is 4. The molecule has 0 saturated heterocycles. The van der Waals surface area contributed by atoms with Gasteiger partial charge in [0.1, 0.15) is 5.58 Å². The number of fused-ring (bicyclic) bond motifs is 8. The van der Waals surface area contributed by atoms with Crippen molar-refractivity contribution in [2.45, 2.75) is 0 Å². The summed E-state index contributed by atoms with van der Waals surface area (Å²) in [5.74, 6) is 0. The van der Waals surface area contributed by atoms with Gasteiger partial charge in [0, 0.05) is 32.9 Å². The van der Waals surface area contributed by atoms with Crippen LogP contribution in [0.4, 0.5) is 0 Å². The molecule has 0 unspecified atom stereocenters. The zero-order valence-corrected chi connectivity index (χ0v) is 25.5. The Morgan fingerprint density at radius 1 is 0.362 bits per heavy atom. The fourth-order valence-corrected chi connectivity index (χ4v) is 7.46. The van der Waals surface area contributed by atoms with Gasteiger partial charge in [-0.2, -0.15) is 0 Å². The Morgan fingerprint density at radius 2 is 0.915 bits per heavy atom. The van der Waals surface area contributed by atoms with Gasteiger partial charge < -0.3 is 8.98 Å². The van der Waals surface area contributed by atoms with Crippen molar-refractivity contribution in [3.8, 4) is 33.6 Å². The smallest absolute Gasteiger partial charge is 0.213 e. The second-order valence-electron chi connectivity index (χ2n) is 12.1. The van der Waals surface area contributed by atoms with Crippen LogP contribution in [-0.2, 0) is 0 Å². The Morgan fingerprint density at radius 3 is 1.64 bits per heavy atom. The number of furan rings is 1. The van der Waals surface area contributed by atoms with Gasteiger partial charge in [0.05, 0.1) is 21.9 Å². The minimum atomic E-state index is 0.877. The largest absolute Gasteiger partial charge is 0.439 e.